The minimum atomic E-state index is -0.0532. The fraction of sp³-hybridized carbons (Fsp3) is 0.136. The molecule has 1 unspecified atom stereocenters. The van der Waals surface area contributed by atoms with Crippen LogP contribution in [-0.4, -0.2) is 29.2 Å². The number of carbonyl (C=O) groups excluding carboxylic acids is 1. The van der Waals surface area contributed by atoms with Crippen molar-refractivity contribution in [1.82, 2.24) is 4.98 Å². The lowest BCUT2D eigenvalue weighted by Gasteiger charge is -2.28. The molecule has 1 atom stereocenters. The van der Waals surface area contributed by atoms with Crippen molar-refractivity contribution in [2.24, 2.45) is 4.99 Å². The standard InChI is InChI=1S/C22H19N3O/c1-16-14-24-21(17-8-3-2-4-9-17)19-11-5-6-12-20(19)25(16)22(26)18-10-7-13-23-15-18/h2-13,15-16H,14H2,1H3. The smallest absolute Gasteiger partial charge is 0.260 e. The minimum Gasteiger partial charge on any atom is -0.303 e. The number of para-hydroxylation sites is 1. The summed E-state index contributed by atoms with van der Waals surface area (Å²) in [6, 6.07) is 21.6. The number of hydrogen-bond donors (Lipinski definition) is 0. The molecule has 0 saturated heterocycles. The highest BCUT2D eigenvalue weighted by Crippen LogP contribution is 2.29. The monoisotopic (exact) mass is 341 g/mol. The summed E-state index contributed by atoms with van der Waals surface area (Å²) in [5.74, 6) is -0.0532. The largest absolute Gasteiger partial charge is 0.303 e. The van der Waals surface area contributed by atoms with Gasteiger partial charge in [0.05, 0.1) is 29.5 Å². The van der Waals surface area contributed by atoms with E-state index in [-0.39, 0.29) is 11.9 Å². The molecule has 1 amide bonds. The van der Waals surface area contributed by atoms with Crippen LogP contribution in [0.1, 0.15) is 28.4 Å². The molecule has 4 heteroatoms. The Morgan fingerprint density at radius 3 is 2.54 bits per heavy atom. The lowest BCUT2D eigenvalue weighted by molar-refractivity contribution is 0.0979. The zero-order valence-electron chi connectivity index (χ0n) is 14.5. The molecule has 0 N–H and O–H groups in total. The topological polar surface area (TPSA) is 45.6 Å². The van der Waals surface area contributed by atoms with E-state index in [2.05, 4.69) is 17.1 Å². The summed E-state index contributed by atoms with van der Waals surface area (Å²) in [7, 11) is 0. The molecule has 4 rings (SSSR count). The maximum Gasteiger partial charge on any atom is 0.260 e. The van der Waals surface area contributed by atoms with Gasteiger partial charge >= 0.3 is 0 Å². The predicted molar refractivity (Wildman–Crippen MR) is 104 cm³/mol. The third kappa shape index (κ3) is 2.90. The van der Waals surface area contributed by atoms with Crippen LogP contribution >= 0.6 is 0 Å². The number of aromatic nitrogens is 1. The van der Waals surface area contributed by atoms with Crippen LogP contribution in [-0.2, 0) is 0 Å². The Kier molecular flexibility index (Phi) is 4.32. The van der Waals surface area contributed by atoms with E-state index < -0.39 is 0 Å². The second-order valence-corrected chi connectivity index (χ2v) is 6.34. The van der Waals surface area contributed by atoms with E-state index in [1.54, 1.807) is 24.5 Å². The van der Waals surface area contributed by atoms with Crippen LogP contribution in [0.15, 0.2) is 84.1 Å². The highest BCUT2D eigenvalue weighted by atomic mass is 16.2. The zero-order valence-corrected chi connectivity index (χ0v) is 14.5. The third-order valence-electron chi connectivity index (χ3n) is 4.55. The van der Waals surface area contributed by atoms with Gasteiger partial charge in [0.1, 0.15) is 0 Å². The van der Waals surface area contributed by atoms with Crippen LogP contribution in [0.4, 0.5) is 5.69 Å². The van der Waals surface area contributed by atoms with Gasteiger partial charge in [0.15, 0.2) is 0 Å². The van der Waals surface area contributed by atoms with Crippen molar-refractivity contribution < 1.29 is 4.79 Å². The summed E-state index contributed by atoms with van der Waals surface area (Å²) in [5.41, 5.74) is 4.42. The van der Waals surface area contributed by atoms with Crippen LogP contribution in [0.3, 0.4) is 0 Å². The molecule has 1 aliphatic rings. The van der Waals surface area contributed by atoms with Crippen molar-refractivity contribution in [2.45, 2.75) is 13.0 Å². The summed E-state index contributed by atoms with van der Waals surface area (Å²) < 4.78 is 0. The summed E-state index contributed by atoms with van der Waals surface area (Å²) in [6.45, 7) is 2.58. The number of rotatable bonds is 2. The van der Waals surface area contributed by atoms with Gasteiger partial charge in [-0.3, -0.25) is 14.8 Å². The van der Waals surface area contributed by atoms with Gasteiger partial charge in [-0.1, -0.05) is 48.5 Å². The van der Waals surface area contributed by atoms with E-state index in [1.165, 1.54) is 0 Å². The molecule has 0 bridgehead atoms. The van der Waals surface area contributed by atoms with Crippen molar-refractivity contribution in [1.29, 1.82) is 0 Å². The maximum absolute atomic E-state index is 13.2. The average molecular weight is 341 g/mol. The number of hydrogen-bond acceptors (Lipinski definition) is 3. The van der Waals surface area contributed by atoms with Crippen LogP contribution in [0.5, 0.6) is 0 Å². The molecular weight excluding hydrogens is 322 g/mol. The Labute approximate surface area is 152 Å². The second kappa shape index (κ2) is 6.92. The van der Waals surface area contributed by atoms with Crippen molar-refractivity contribution >= 4 is 17.3 Å². The third-order valence-corrected chi connectivity index (χ3v) is 4.55. The first-order valence-corrected chi connectivity index (χ1v) is 8.68. The van der Waals surface area contributed by atoms with E-state index in [4.69, 9.17) is 4.99 Å². The number of anilines is 1. The Balaban J connectivity index is 1.84. The first-order valence-electron chi connectivity index (χ1n) is 8.68. The fourth-order valence-corrected chi connectivity index (χ4v) is 3.29. The van der Waals surface area contributed by atoms with E-state index in [0.717, 1.165) is 22.5 Å². The van der Waals surface area contributed by atoms with E-state index in [0.29, 0.717) is 12.1 Å². The molecule has 0 spiro atoms. The second-order valence-electron chi connectivity index (χ2n) is 6.34. The number of fused-ring (bicyclic) bond motifs is 1. The molecule has 1 aromatic heterocycles. The maximum atomic E-state index is 13.2. The minimum absolute atomic E-state index is 0.0509. The fourth-order valence-electron chi connectivity index (χ4n) is 3.29. The predicted octanol–water partition coefficient (Wildman–Crippen LogP) is 3.97. The number of carbonyl (C=O) groups is 1. The molecular formula is C22H19N3O. The van der Waals surface area contributed by atoms with Gasteiger partial charge in [0.25, 0.3) is 5.91 Å². The molecule has 2 heterocycles. The van der Waals surface area contributed by atoms with Gasteiger partial charge < -0.3 is 4.90 Å². The number of amides is 1. The van der Waals surface area contributed by atoms with E-state index in [9.17, 15) is 4.79 Å². The highest BCUT2D eigenvalue weighted by Gasteiger charge is 2.29. The van der Waals surface area contributed by atoms with Gasteiger partial charge in [0, 0.05) is 23.5 Å². The molecule has 1 aliphatic heterocycles. The lowest BCUT2D eigenvalue weighted by Crippen LogP contribution is -2.40. The van der Waals surface area contributed by atoms with Crippen LogP contribution < -0.4 is 4.90 Å². The number of aliphatic imine (C=N–C) groups is 1. The molecule has 0 aliphatic carbocycles. The van der Waals surface area contributed by atoms with Gasteiger partial charge in [0.2, 0.25) is 0 Å². The molecule has 3 aromatic rings. The molecule has 128 valence electrons. The number of pyridine rings is 1. The Morgan fingerprint density at radius 2 is 1.77 bits per heavy atom. The number of benzodiazepines with no additional fused rings is 1. The van der Waals surface area contributed by atoms with Gasteiger partial charge in [-0.05, 0) is 25.1 Å². The van der Waals surface area contributed by atoms with Crippen LogP contribution in [0.25, 0.3) is 0 Å². The number of benzene rings is 2. The summed E-state index contributed by atoms with van der Waals surface area (Å²) in [4.78, 5) is 24.0. The highest BCUT2D eigenvalue weighted by molar-refractivity contribution is 6.19. The van der Waals surface area contributed by atoms with Crippen LogP contribution in [0, 0.1) is 0 Å². The van der Waals surface area contributed by atoms with Gasteiger partial charge in [-0.15, -0.1) is 0 Å². The summed E-state index contributed by atoms with van der Waals surface area (Å²) in [6.07, 6.45) is 3.29. The zero-order chi connectivity index (χ0) is 17.9. The SMILES string of the molecule is CC1CN=C(c2ccccc2)c2ccccc2N1C(=O)c1cccnc1. The van der Waals surface area contributed by atoms with Crippen molar-refractivity contribution in [3.05, 3.63) is 95.8 Å². The normalized spacial score (nSPS) is 16.4. The van der Waals surface area contributed by atoms with Gasteiger partial charge in [-0.2, -0.15) is 0 Å². The molecule has 0 saturated carbocycles. The Morgan fingerprint density at radius 1 is 1.00 bits per heavy atom. The quantitative estimate of drug-likeness (QED) is 0.708. The molecule has 2 aromatic carbocycles. The Bertz CT molecular complexity index is 951. The number of nitrogens with zero attached hydrogens (tertiary/aromatic N) is 3. The summed E-state index contributed by atoms with van der Waals surface area (Å²) >= 11 is 0. The van der Waals surface area contributed by atoms with Crippen molar-refractivity contribution in [2.75, 3.05) is 11.4 Å². The van der Waals surface area contributed by atoms with Crippen molar-refractivity contribution in [3.63, 3.8) is 0 Å². The first-order chi connectivity index (χ1) is 12.8. The van der Waals surface area contributed by atoms with E-state index in [1.807, 2.05) is 54.3 Å². The van der Waals surface area contributed by atoms with Crippen LogP contribution in [0.2, 0.25) is 0 Å². The molecule has 4 nitrogen and oxygen atoms in total. The summed E-state index contributed by atoms with van der Waals surface area (Å²) in [5, 5.41) is 0. The molecule has 0 radical (unpaired) electrons. The van der Waals surface area contributed by atoms with Gasteiger partial charge in [-0.25, -0.2) is 0 Å². The average Bonchev–Trinajstić information content (AvgIpc) is 2.85. The molecule has 0 fully saturated rings. The first kappa shape index (κ1) is 16.2. The van der Waals surface area contributed by atoms with Crippen molar-refractivity contribution in [3.8, 4) is 0 Å². The lowest BCUT2D eigenvalue weighted by atomic mass is 10.00. The molecule has 26 heavy (non-hydrogen) atoms. The van der Waals surface area contributed by atoms with E-state index >= 15 is 0 Å². The Hall–Kier alpha value is -3.27.